The van der Waals surface area contributed by atoms with Crippen LogP contribution in [0.1, 0.15) is 5.69 Å². The van der Waals surface area contributed by atoms with Crippen LogP contribution in [0.3, 0.4) is 0 Å². The van der Waals surface area contributed by atoms with Gasteiger partial charge >= 0.3 is 0 Å². The number of hydrogen-bond acceptors (Lipinski definition) is 6. The second-order valence-electron chi connectivity index (χ2n) is 5.42. The predicted molar refractivity (Wildman–Crippen MR) is 105 cm³/mol. The number of nitrogens with zero attached hydrogens (tertiary/aromatic N) is 5. The Bertz CT molecular complexity index is 1170. The molecule has 132 valence electrons. The maximum atomic E-state index is 12.1. The molecule has 0 aliphatic heterocycles. The van der Waals surface area contributed by atoms with Crippen LogP contribution in [0.25, 0.3) is 16.3 Å². The highest BCUT2D eigenvalue weighted by Crippen LogP contribution is 2.29. The van der Waals surface area contributed by atoms with Crippen LogP contribution in [0.4, 0.5) is 0 Å². The highest BCUT2D eigenvalue weighted by molar-refractivity contribution is 7.98. The molecule has 0 amide bonds. The van der Waals surface area contributed by atoms with E-state index < -0.39 is 0 Å². The monoisotopic (exact) mass is 423 g/mol. The Morgan fingerprint density at radius 1 is 1.19 bits per heavy atom. The average molecular weight is 424 g/mol. The van der Waals surface area contributed by atoms with Gasteiger partial charge in [-0.25, -0.2) is 4.98 Å². The zero-order chi connectivity index (χ0) is 18.3. The lowest BCUT2D eigenvalue weighted by Gasteiger charge is -2.05. The fourth-order valence-corrected chi connectivity index (χ4v) is 4.27. The van der Waals surface area contributed by atoms with E-state index >= 15 is 0 Å². The summed E-state index contributed by atoms with van der Waals surface area (Å²) in [6, 6.07) is 6.88. The number of thiazole rings is 1. The minimum atomic E-state index is -0.0821. The number of fused-ring (bicyclic) bond motifs is 1. The molecule has 0 bridgehead atoms. The Morgan fingerprint density at radius 2 is 2.04 bits per heavy atom. The van der Waals surface area contributed by atoms with Crippen LogP contribution in [0.2, 0.25) is 10.0 Å². The molecular formula is C16H11Cl2N5OS2. The van der Waals surface area contributed by atoms with Crippen LogP contribution >= 0.6 is 46.3 Å². The summed E-state index contributed by atoms with van der Waals surface area (Å²) in [4.78, 5) is 17.2. The van der Waals surface area contributed by atoms with Gasteiger partial charge in [-0.1, -0.05) is 35.0 Å². The molecule has 0 spiro atoms. The van der Waals surface area contributed by atoms with Gasteiger partial charge in [-0.15, -0.1) is 21.5 Å². The second-order valence-corrected chi connectivity index (χ2v) is 8.05. The normalized spacial score (nSPS) is 11.3. The highest BCUT2D eigenvalue weighted by Gasteiger charge is 2.13. The molecule has 0 radical (unpaired) electrons. The van der Waals surface area contributed by atoms with Crippen LogP contribution in [0.5, 0.6) is 0 Å². The number of benzene rings is 1. The molecule has 10 heteroatoms. The number of rotatable bonds is 4. The summed E-state index contributed by atoms with van der Waals surface area (Å²) >= 11 is 14.9. The fourth-order valence-electron chi connectivity index (χ4n) is 2.43. The molecule has 3 aromatic heterocycles. The number of thioether (sulfide) groups is 1. The van der Waals surface area contributed by atoms with E-state index in [2.05, 4.69) is 15.2 Å². The van der Waals surface area contributed by atoms with Crippen molar-refractivity contribution in [1.29, 1.82) is 0 Å². The van der Waals surface area contributed by atoms with Gasteiger partial charge in [0.2, 0.25) is 0 Å². The van der Waals surface area contributed by atoms with E-state index in [9.17, 15) is 4.79 Å². The van der Waals surface area contributed by atoms with Gasteiger partial charge in [-0.3, -0.25) is 9.20 Å². The van der Waals surface area contributed by atoms with E-state index in [0.717, 1.165) is 10.7 Å². The van der Waals surface area contributed by atoms with Crippen LogP contribution in [0.15, 0.2) is 45.8 Å². The molecule has 0 N–H and O–H groups in total. The minimum Gasteiger partial charge on any atom is -0.305 e. The molecule has 0 aliphatic carbocycles. The molecular weight excluding hydrogens is 413 g/mol. The molecule has 4 rings (SSSR count). The van der Waals surface area contributed by atoms with Crippen molar-refractivity contribution in [2.24, 2.45) is 7.05 Å². The lowest BCUT2D eigenvalue weighted by atomic mass is 10.2. The third-order valence-corrected chi connectivity index (χ3v) is 6.27. The Morgan fingerprint density at radius 3 is 2.85 bits per heavy atom. The third kappa shape index (κ3) is 3.25. The maximum Gasteiger partial charge on any atom is 0.258 e. The zero-order valence-electron chi connectivity index (χ0n) is 13.4. The topological polar surface area (TPSA) is 65.1 Å². The van der Waals surface area contributed by atoms with E-state index in [1.165, 1.54) is 27.5 Å². The first kappa shape index (κ1) is 17.5. The molecule has 0 atom stereocenters. The number of halogens is 2. The first-order valence-corrected chi connectivity index (χ1v) is 10.1. The molecule has 0 unspecified atom stereocenters. The molecule has 0 saturated heterocycles. The van der Waals surface area contributed by atoms with Crippen LogP contribution in [0, 0.1) is 0 Å². The largest absolute Gasteiger partial charge is 0.305 e. The van der Waals surface area contributed by atoms with Crippen molar-refractivity contribution in [2.75, 3.05) is 0 Å². The zero-order valence-corrected chi connectivity index (χ0v) is 16.5. The van der Waals surface area contributed by atoms with Crippen molar-refractivity contribution in [3.8, 4) is 11.4 Å². The molecule has 3 heterocycles. The second kappa shape index (κ2) is 7.03. The average Bonchev–Trinajstić information content (AvgIpc) is 3.23. The van der Waals surface area contributed by atoms with E-state index in [1.54, 1.807) is 24.4 Å². The van der Waals surface area contributed by atoms with Gasteiger partial charge in [0.1, 0.15) is 0 Å². The van der Waals surface area contributed by atoms with E-state index in [4.69, 9.17) is 23.2 Å². The maximum absolute atomic E-state index is 12.1. The molecule has 6 nitrogen and oxygen atoms in total. The number of hydrogen-bond donors (Lipinski definition) is 0. The Kier molecular flexibility index (Phi) is 4.74. The third-order valence-electron chi connectivity index (χ3n) is 3.72. The van der Waals surface area contributed by atoms with E-state index in [0.29, 0.717) is 32.3 Å². The summed E-state index contributed by atoms with van der Waals surface area (Å²) in [7, 11) is 1.88. The standard InChI is InChI=1S/C16H11Cl2N5OS2/c1-22-14(9-2-3-11(17)12(18)6-9)20-21-16(22)26-8-10-7-13(24)23-4-5-25-15(23)19-10/h2-7H,8H2,1H3. The minimum absolute atomic E-state index is 0.0821. The van der Waals surface area contributed by atoms with Crippen molar-refractivity contribution in [1.82, 2.24) is 24.1 Å². The van der Waals surface area contributed by atoms with Gasteiger partial charge in [-0.2, -0.15) is 0 Å². The van der Waals surface area contributed by atoms with Crippen LogP contribution in [-0.4, -0.2) is 24.1 Å². The van der Waals surface area contributed by atoms with Crippen molar-refractivity contribution in [3.05, 3.63) is 61.9 Å². The lowest BCUT2D eigenvalue weighted by Crippen LogP contribution is -2.12. The van der Waals surface area contributed by atoms with Gasteiger partial charge < -0.3 is 4.57 Å². The molecule has 4 aromatic rings. The van der Waals surface area contributed by atoms with Gasteiger partial charge in [0.25, 0.3) is 5.56 Å². The lowest BCUT2D eigenvalue weighted by molar-refractivity contribution is 0.793. The van der Waals surface area contributed by atoms with Crippen molar-refractivity contribution in [3.63, 3.8) is 0 Å². The Labute approximate surface area is 166 Å². The fraction of sp³-hybridized carbons (Fsp3) is 0.125. The van der Waals surface area contributed by atoms with Gasteiger partial charge in [-0.05, 0) is 18.2 Å². The SMILES string of the molecule is Cn1c(SCc2cc(=O)n3ccsc3n2)nnc1-c1ccc(Cl)c(Cl)c1. The number of aromatic nitrogens is 5. The van der Waals surface area contributed by atoms with Gasteiger partial charge in [0, 0.05) is 36.0 Å². The Hall–Kier alpha value is -1.87. The Balaban J connectivity index is 1.58. The smallest absolute Gasteiger partial charge is 0.258 e. The highest BCUT2D eigenvalue weighted by atomic mass is 35.5. The first-order chi connectivity index (χ1) is 12.5. The van der Waals surface area contributed by atoms with E-state index in [1.807, 2.05) is 23.1 Å². The summed E-state index contributed by atoms with van der Waals surface area (Å²) in [6.07, 6.45) is 1.72. The van der Waals surface area contributed by atoms with Crippen molar-refractivity contribution in [2.45, 2.75) is 10.9 Å². The molecule has 1 aromatic carbocycles. The van der Waals surface area contributed by atoms with Crippen LogP contribution in [-0.2, 0) is 12.8 Å². The van der Waals surface area contributed by atoms with Crippen molar-refractivity contribution < 1.29 is 0 Å². The first-order valence-electron chi connectivity index (χ1n) is 7.46. The van der Waals surface area contributed by atoms with E-state index in [-0.39, 0.29) is 5.56 Å². The summed E-state index contributed by atoms with van der Waals surface area (Å²) in [5, 5.41) is 12.0. The summed E-state index contributed by atoms with van der Waals surface area (Å²) in [5.74, 6) is 1.21. The van der Waals surface area contributed by atoms with Crippen LogP contribution < -0.4 is 5.56 Å². The summed E-state index contributed by atoms with van der Waals surface area (Å²) in [6.45, 7) is 0. The quantitative estimate of drug-likeness (QED) is 0.461. The van der Waals surface area contributed by atoms with Gasteiger partial charge in [0.15, 0.2) is 15.9 Å². The summed E-state index contributed by atoms with van der Waals surface area (Å²) in [5.41, 5.74) is 1.46. The molecule has 0 saturated carbocycles. The molecule has 0 fully saturated rings. The predicted octanol–water partition coefficient (Wildman–Crippen LogP) is 4.15. The molecule has 0 aliphatic rings. The van der Waals surface area contributed by atoms with Crippen molar-refractivity contribution >= 4 is 51.3 Å². The molecule has 26 heavy (non-hydrogen) atoms. The van der Waals surface area contributed by atoms with Gasteiger partial charge in [0.05, 0.1) is 15.7 Å². The summed E-state index contributed by atoms with van der Waals surface area (Å²) < 4.78 is 3.41.